The molecular weight excluding hydrogens is 733 g/mol. The summed E-state index contributed by atoms with van der Waals surface area (Å²) in [7, 11) is 0. The van der Waals surface area contributed by atoms with Crippen molar-refractivity contribution in [1.29, 1.82) is 0 Å². The molecule has 5 heteroatoms. The number of rotatable bonds is 6. The lowest BCUT2D eigenvalue weighted by Crippen LogP contribution is -2.00. The Labute approximate surface area is 345 Å². The largest absolute Gasteiger partial charge is 0.455 e. The standard InChI is InChI=1S/C55H34N4O/c1-3-15-38(16-4-1)53-56-54(39-17-5-2-6-18-39)58-55(57-53)40-30-31-46-48-34-41(59-49-24-11-9-21-44(49)45-22-10-12-25-50(45)59)33-47(52(48)60-51(46)32-40)37-28-26-36(27-29-37)43-23-13-19-35-14-7-8-20-42(35)43/h1-34H. The maximum atomic E-state index is 6.97. The second kappa shape index (κ2) is 13.8. The van der Waals surface area contributed by atoms with Gasteiger partial charge in [0.2, 0.25) is 0 Å². The second-order valence-corrected chi connectivity index (χ2v) is 15.2. The van der Waals surface area contributed by atoms with Gasteiger partial charge in [-0.05, 0) is 63.9 Å². The van der Waals surface area contributed by atoms with Gasteiger partial charge in [-0.2, -0.15) is 0 Å². The van der Waals surface area contributed by atoms with Crippen LogP contribution in [0.25, 0.3) is 117 Å². The molecule has 5 nitrogen and oxygen atoms in total. The zero-order valence-corrected chi connectivity index (χ0v) is 32.3. The van der Waals surface area contributed by atoms with E-state index < -0.39 is 0 Å². The molecule has 0 saturated heterocycles. The van der Waals surface area contributed by atoms with Crippen molar-refractivity contribution in [2.45, 2.75) is 0 Å². The van der Waals surface area contributed by atoms with Crippen LogP contribution in [0.15, 0.2) is 211 Å². The number of benzene rings is 9. The van der Waals surface area contributed by atoms with E-state index in [1.807, 2.05) is 60.7 Å². The third-order valence-corrected chi connectivity index (χ3v) is 11.6. The van der Waals surface area contributed by atoms with E-state index in [1.165, 1.54) is 32.7 Å². The predicted octanol–water partition coefficient (Wildman–Crippen LogP) is 14.4. The summed E-state index contributed by atoms with van der Waals surface area (Å²) < 4.78 is 9.35. The second-order valence-electron chi connectivity index (χ2n) is 15.2. The van der Waals surface area contributed by atoms with Gasteiger partial charge in [0, 0.05) is 49.5 Å². The SMILES string of the molecule is c1ccc(-c2nc(-c3ccccc3)nc(-c3ccc4c(c3)oc3c(-c5ccc(-c6cccc7ccccc67)cc5)cc(-n5c6ccccc6c6ccccc65)cc34)n2)cc1. The minimum atomic E-state index is 0.584. The molecule has 0 N–H and O–H groups in total. The number of nitrogens with zero attached hydrogens (tertiary/aromatic N) is 4. The molecule has 280 valence electrons. The van der Waals surface area contributed by atoms with Gasteiger partial charge in [-0.3, -0.25) is 0 Å². The molecule has 0 fully saturated rings. The average molecular weight is 767 g/mol. The van der Waals surface area contributed by atoms with Crippen molar-refractivity contribution in [3.63, 3.8) is 0 Å². The van der Waals surface area contributed by atoms with Gasteiger partial charge in [0.25, 0.3) is 0 Å². The van der Waals surface area contributed by atoms with Gasteiger partial charge in [0.15, 0.2) is 17.5 Å². The van der Waals surface area contributed by atoms with E-state index in [0.29, 0.717) is 17.5 Å². The van der Waals surface area contributed by atoms with Crippen LogP contribution in [0.3, 0.4) is 0 Å². The molecule has 0 unspecified atom stereocenters. The van der Waals surface area contributed by atoms with Gasteiger partial charge in [0.1, 0.15) is 11.2 Å². The Kier molecular flexibility index (Phi) is 7.78. The van der Waals surface area contributed by atoms with Gasteiger partial charge >= 0.3 is 0 Å². The van der Waals surface area contributed by atoms with Crippen molar-refractivity contribution in [2.24, 2.45) is 0 Å². The summed E-state index contributed by atoms with van der Waals surface area (Å²) in [6.07, 6.45) is 0. The third-order valence-electron chi connectivity index (χ3n) is 11.6. The summed E-state index contributed by atoms with van der Waals surface area (Å²) in [5, 5.41) is 6.96. The first-order chi connectivity index (χ1) is 29.7. The fourth-order valence-electron chi connectivity index (χ4n) is 8.79. The maximum Gasteiger partial charge on any atom is 0.164 e. The fraction of sp³-hybridized carbons (Fsp3) is 0. The van der Waals surface area contributed by atoms with Crippen LogP contribution in [0.2, 0.25) is 0 Å². The number of hydrogen-bond donors (Lipinski definition) is 0. The van der Waals surface area contributed by atoms with E-state index in [9.17, 15) is 0 Å². The Hall–Kier alpha value is -8.15. The highest BCUT2D eigenvalue weighted by atomic mass is 16.3. The minimum Gasteiger partial charge on any atom is -0.455 e. The molecule has 60 heavy (non-hydrogen) atoms. The van der Waals surface area contributed by atoms with Crippen molar-refractivity contribution in [2.75, 3.05) is 0 Å². The molecule has 0 amide bonds. The molecule has 12 rings (SSSR count). The first-order valence-electron chi connectivity index (χ1n) is 20.2. The molecule has 0 radical (unpaired) electrons. The topological polar surface area (TPSA) is 56.7 Å². The molecule has 0 spiro atoms. The summed E-state index contributed by atoms with van der Waals surface area (Å²) in [6, 6.07) is 72.3. The van der Waals surface area contributed by atoms with Crippen molar-refractivity contribution >= 4 is 54.5 Å². The van der Waals surface area contributed by atoms with E-state index in [-0.39, 0.29) is 0 Å². The van der Waals surface area contributed by atoms with Gasteiger partial charge in [-0.15, -0.1) is 0 Å². The smallest absolute Gasteiger partial charge is 0.164 e. The van der Waals surface area contributed by atoms with Crippen LogP contribution in [0.1, 0.15) is 0 Å². The lowest BCUT2D eigenvalue weighted by Gasteiger charge is -2.12. The molecular formula is C55H34N4O. The van der Waals surface area contributed by atoms with Crippen molar-refractivity contribution < 1.29 is 4.42 Å². The zero-order valence-electron chi connectivity index (χ0n) is 32.3. The molecule has 3 aromatic heterocycles. The molecule has 3 heterocycles. The van der Waals surface area contributed by atoms with E-state index in [1.54, 1.807) is 0 Å². The van der Waals surface area contributed by atoms with Crippen molar-refractivity contribution in [1.82, 2.24) is 19.5 Å². The highest BCUT2D eigenvalue weighted by molar-refractivity contribution is 6.13. The van der Waals surface area contributed by atoms with E-state index >= 15 is 0 Å². The predicted molar refractivity (Wildman–Crippen MR) is 246 cm³/mol. The molecule has 0 aliphatic heterocycles. The van der Waals surface area contributed by atoms with Crippen LogP contribution in [0.4, 0.5) is 0 Å². The van der Waals surface area contributed by atoms with E-state index in [4.69, 9.17) is 19.4 Å². The lowest BCUT2D eigenvalue weighted by molar-refractivity contribution is 0.670. The molecule has 0 aliphatic rings. The molecule has 0 aliphatic carbocycles. The zero-order chi connectivity index (χ0) is 39.6. The maximum absolute atomic E-state index is 6.97. The average Bonchev–Trinajstić information content (AvgIpc) is 3.87. The van der Waals surface area contributed by atoms with Crippen LogP contribution < -0.4 is 0 Å². The van der Waals surface area contributed by atoms with Crippen LogP contribution in [-0.2, 0) is 0 Å². The Bertz CT molecular complexity index is 3470. The monoisotopic (exact) mass is 766 g/mol. The summed E-state index contributed by atoms with van der Waals surface area (Å²) in [5.74, 6) is 1.82. The Morgan fingerprint density at radius 2 is 0.850 bits per heavy atom. The molecule has 0 bridgehead atoms. The quantitative estimate of drug-likeness (QED) is 0.169. The fourth-order valence-corrected chi connectivity index (χ4v) is 8.79. The van der Waals surface area contributed by atoms with E-state index in [2.05, 4.69) is 150 Å². The van der Waals surface area contributed by atoms with E-state index in [0.717, 1.165) is 66.5 Å². The van der Waals surface area contributed by atoms with Crippen LogP contribution in [0, 0.1) is 0 Å². The summed E-state index contributed by atoms with van der Waals surface area (Å²) in [4.78, 5) is 14.9. The summed E-state index contributed by atoms with van der Waals surface area (Å²) >= 11 is 0. The Balaban J connectivity index is 1.07. The number of fused-ring (bicyclic) bond motifs is 7. The van der Waals surface area contributed by atoms with Gasteiger partial charge < -0.3 is 8.98 Å². The molecule has 12 aromatic rings. The van der Waals surface area contributed by atoms with Crippen molar-refractivity contribution in [3.8, 4) is 62.1 Å². The Morgan fingerprint density at radius 1 is 0.333 bits per heavy atom. The number of hydrogen-bond acceptors (Lipinski definition) is 4. The van der Waals surface area contributed by atoms with Crippen LogP contribution in [0.5, 0.6) is 0 Å². The number of furan rings is 1. The minimum absolute atomic E-state index is 0.584. The molecule has 9 aromatic carbocycles. The highest BCUT2D eigenvalue weighted by Gasteiger charge is 2.20. The summed E-state index contributed by atoms with van der Waals surface area (Å²) in [5.41, 5.74) is 12.1. The van der Waals surface area contributed by atoms with Crippen LogP contribution >= 0.6 is 0 Å². The van der Waals surface area contributed by atoms with Gasteiger partial charge in [0.05, 0.1) is 11.0 Å². The Morgan fingerprint density at radius 3 is 1.50 bits per heavy atom. The molecule has 0 atom stereocenters. The van der Waals surface area contributed by atoms with Gasteiger partial charge in [-0.1, -0.05) is 170 Å². The first-order valence-corrected chi connectivity index (χ1v) is 20.2. The summed E-state index contributed by atoms with van der Waals surface area (Å²) in [6.45, 7) is 0. The van der Waals surface area contributed by atoms with Gasteiger partial charge in [-0.25, -0.2) is 15.0 Å². The third kappa shape index (κ3) is 5.59. The molecule has 0 saturated carbocycles. The number of para-hydroxylation sites is 2. The normalized spacial score (nSPS) is 11.7. The lowest BCUT2D eigenvalue weighted by atomic mass is 9.95. The first kappa shape index (κ1) is 33.9. The van der Waals surface area contributed by atoms with Crippen LogP contribution in [-0.4, -0.2) is 19.5 Å². The highest BCUT2D eigenvalue weighted by Crippen LogP contribution is 2.42. The van der Waals surface area contributed by atoms with Crippen molar-refractivity contribution in [3.05, 3.63) is 206 Å². The number of aromatic nitrogens is 4.